The molecule has 7 unspecified atom stereocenters. The number of aliphatic hydroxyl groups excluding tert-OH is 5. The second kappa shape index (κ2) is 59.1. The van der Waals surface area contributed by atoms with Crippen LogP contribution in [-0.2, 0) is 23.8 Å². The zero-order valence-corrected chi connectivity index (χ0v) is 52.2. The first-order valence-electron chi connectivity index (χ1n) is 34.1. The number of esters is 1. The third kappa shape index (κ3) is 48.3. The van der Waals surface area contributed by atoms with E-state index in [1.54, 1.807) is 6.08 Å². The summed E-state index contributed by atoms with van der Waals surface area (Å²) in [5.74, 6) is -0.196. The van der Waals surface area contributed by atoms with Crippen LogP contribution in [0.3, 0.4) is 0 Å². The summed E-state index contributed by atoms with van der Waals surface area (Å²) in [5.41, 5.74) is 0. The second-order valence-corrected chi connectivity index (χ2v) is 23.5. The van der Waals surface area contributed by atoms with Gasteiger partial charge in [0.25, 0.3) is 0 Å². The van der Waals surface area contributed by atoms with E-state index >= 15 is 0 Å². The van der Waals surface area contributed by atoms with Gasteiger partial charge in [0.1, 0.15) is 24.4 Å². The van der Waals surface area contributed by atoms with Crippen LogP contribution in [-0.4, -0.2) is 100 Å². The van der Waals surface area contributed by atoms with Crippen molar-refractivity contribution in [3.8, 4) is 0 Å². The van der Waals surface area contributed by atoms with Gasteiger partial charge in [-0.2, -0.15) is 0 Å². The summed E-state index contributed by atoms with van der Waals surface area (Å²) in [6.07, 6.45) is 67.8. The average Bonchev–Trinajstić information content (AvgIpc) is 3.47. The van der Waals surface area contributed by atoms with Crippen LogP contribution in [0.4, 0.5) is 0 Å². The number of hydrogen-bond donors (Lipinski definition) is 6. The molecule has 11 nitrogen and oxygen atoms in total. The Bertz CT molecular complexity index is 1530. The van der Waals surface area contributed by atoms with Gasteiger partial charge in [-0.3, -0.25) is 9.59 Å². The molecule has 0 aromatic heterocycles. The SMILES string of the molecule is CCCCC/C=C\C/C=C\CCCCCCCCCCCC(=O)OCCCCCCCCCCC/C=C\C/C=C\CCCCCCCCCCCC(=O)NC(COC1OC(CO)C(O)C(O)C1O)C(O)/C=C/CCCCCCCCC. The molecule has 0 aliphatic carbocycles. The highest BCUT2D eigenvalue weighted by Gasteiger charge is 2.44. The Morgan fingerprint density at radius 3 is 1.27 bits per heavy atom. The minimum Gasteiger partial charge on any atom is -0.466 e. The smallest absolute Gasteiger partial charge is 0.305 e. The molecule has 0 aromatic rings. The lowest BCUT2D eigenvalue weighted by atomic mass is 9.99. The predicted octanol–water partition coefficient (Wildman–Crippen LogP) is 17.0. The minimum atomic E-state index is -1.57. The molecular formula is C70H127NO10. The Morgan fingerprint density at radius 2 is 0.827 bits per heavy atom. The van der Waals surface area contributed by atoms with Crippen LogP contribution in [0.1, 0.15) is 309 Å². The number of nitrogens with one attached hydrogen (secondary N) is 1. The quantitative estimate of drug-likeness (QED) is 0.0195. The lowest BCUT2D eigenvalue weighted by Gasteiger charge is -2.40. The molecule has 1 amide bonds. The number of carbonyl (C=O) groups is 2. The number of rotatable bonds is 59. The summed E-state index contributed by atoms with van der Waals surface area (Å²) < 4.78 is 16.7. The van der Waals surface area contributed by atoms with Crippen molar-refractivity contribution >= 4 is 11.9 Å². The summed E-state index contributed by atoms with van der Waals surface area (Å²) in [4.78, 5) is 25.1. The standard InChI is InChI=1S/C70H127NO10/c1-3-5-7-9-11-13-14-15-16-17-25-29-32-35-38-42-46-50-54-58-66(75)79-59-55-51-47-43-39-36-33-30-27-24-22-20-18-19-21-23-26-28-31-34-37-41-45-49-53-57-65(74)71-62(63(73)56-52-48-44-40-12-10-8-6-4-2)61-80-70-69(78)68(77)67(76)64(60-72)81-70/h11,13,15-16,19-22,52,56,62-64,67-70,72-73,76-78H,3-10,12,14,17-18,23-51,53-55,57-61H2,1-2H3,(H,71,74)/b13-11-,16-15-,21-19-,22-20-,56-52+. The van der Waals surface area contributed by atoms with E-state index in [4.69, 9.17) is 14.2 Å². The van der Waals surface area contributed by atoms with E-state index < -0.39 is 49.5 Å². The molecule has 11 heteroatoms. The summed E-state index contributed by atoms with van der Waals surface area (Å²) in [6, 6.07) is -0.814. The Labute approximate surface area is 497 Å². The van der Waals surface area contributed by atoms with Crippen LogP contribution in [0.5, 0.6) is 0 Å². The first-order valence-corrected chi connectivity index (χ1v) is 34.1. The predicted molar refractivity (Wildman–Crippen MR) is 338 cm³/mol. The molecule has 0 saturated carbocycles. The molecular weight excluding hydrogens is 1010 g/mol. The fourth-order valence-electron chi connectivity index (χ4n) is 10.4. The molecule has 1 aliphatic heterocycles. The fourth-order valence-corrected chi connectivity index (χ4v) is 10.4. The van der Waals surface area contributed by atoms with E-state index in [1.165, 1.54) is 193 Å². The number of allylic oxidation sites excluding steroid dienone is 9. The highest BCUT2D eigenvalue weighted by atomic mass is 16.7. The number of ether oxygens (including phenoxy) is 3. The lowest BCUT2D eigenvalue weighted by molar-refractivity contribution is -0.302. The van der Waals surface area contributed by atoms with Crippen molar-refractivity contribution in [2.45, 2.75) is 352 Å². The van der Waals surface area contributed by atoms with Gasteiger partial charge in [-0.05, 0) is 96.3 Å². The molecule has 6 N–H and O–H groups in total. The maximum absolute atomic E-state index is 13.0. The number of hydrogen-bond acceptors (Lipinski definition) is 10. The summed E-state index contributed by atoms with van der Waals surface area (Å²) in [7, 11) is 0. The highest BCUT2D eigenvalue weighted by Crippen LogP contribution is 2.23. The summed E-state index contributed by atoms with van der Waals surface area (Å²) >= 11 is 0. The van der Waals surface area contributed by atoms with Gasteiger partial charge in [-0.1, -0.05) is 261 Å². The molecule has 81 heavy (non-hydrogen) atoms. The molecule has 0 radical (unpaired) electrons. The molecule has 0 bridgehead atoms. The van der Waals surface area contributed by atoms with Gasteiger partial charge in [0.2, 0.25) is 5.91 Å². The Morgan fingerprint density at radius 1 is 0.457 bits per heavy atom. The largest absolute Gasteiger partial charge is 0.466 e. The first kappa shape index (κ1) is 76.4. The number of aliphatic hydroxyl groups is 5. The van der Waals surface area contributed by atoms with E-state index in [9.17, 15) is 35.1 Å². The Balaban J connectivity index is 1.96. The summed E-state index contributed by atoms with van der Waals surface area (Å²) in [5, 5.41) is 54.3. The van der Waals surface area contributed by atoms with E-state index in [1.807, 2.05) is 6.08 Å². The van der Waals surface area contributed by atoms with E-state index in [-0.39, 0.29) is 18.5 Å². The minimum absolute atomic E-state index is 0.00577. The van der Waals surface area contributed by atoms with Gasteiger partial charge in [-0.15, -0.1) is 0 Å². The monoisotopic (exact) mass is 1140 g/mol. The van der Waals surface area contributed by atoms with Crippen molar-refractivity contribution in [3.63, 3.8) is 0 Å². The topological polar surface area (TPSA) is 175 Å². The molecule has 0 aromatic carbocycles. The van der Waals surface area contributed by atoms with Crippen molar-refractivity contribution < 1.29 is 49.3 Å². The molecule has 1 heterocycles. The molecule has 1 aliphatic rings. The van der Waals surface area contributed by atoms with Crippen LogP contribution in [0, 0.1) is 0 Å². The highest BCUT2D eigenvalue weighted by molar-refractivity contribution is 5.76. The van der Waals surface area contributed by atoms with Crippen molar-refractivity contribution in [1.29, 1.82) is 0 Å². The molecule has 1 fully saturated rings. The van der Waals surface area contributed by atoms with E-state index in [0.29, 0.717) is 19.4 Å². The maximum Gasteiger partial charge on any atom is 0.305 e. The molecule has 7 atom stereocenters. The third-order valence-electron chi connectivity index (χ3n) is 15.8. The zero-order valence-electron chi connectivity index (χ0n) is 52.2. The van der Waals surface area contributed by atoms with Gasteiger partial charge in [0.05, 0.1) is 32.0 Å². The van der Waals surface area contributed by atoms with Gasteiger partial charge >= 0.3 is 5.97 Å². The van der Waals surface area contributed by atoms with Crippen molar-refractivity contribution in [2.75, 3.05) is 19.8 Å². The Kier molecular flexibility index (Phi) is 55.7. The normalized spacial score (nSPS) is 18.6. The number of carbonyl (C=O) groups excluding carboxylic acids is 2. The average molecular weight is 1140 g/mol. The maximum atomic E-state index is 13.0. The first-order chi connectivity index (χ1) is 39.7. The molecule has 0 spiro atoms. The second-order valence-electron chi connectivity index (χ2n) is 23.5. The van der Waals surface area contributed by atoms with Gasteiger partial charge < -0.3 is 45.1 Å². The molecule has 472 valence electrons. The van der Waals surface area contributed by atoms with Gasteiger partial charge in [-0.25, -0.2) is 0 Å². The van der Waals surface area contributed by atoms with Crippen molar-refractivity contribution in [2.24, 2.45) is 0 Å². The van der Waals surface area contributed by atoms with Gasteiger partial charge in [0, 0.05) is 12.8 Å². The van der Waals surface area contributed by atoms with Crippen molar-refractivity contribution in [3.05, 3.63) is 60.8 Å². The van der Waals surface area contributed by atoms with Crippen molar-refractivity contribution in [1.82, 2.24) is 5.32 Å². The third-order valence-corrected chi connectivity index (χ3v) is 15.8. The van der Waals surface area contributed by atoms with Crippen LogP contribution in [0.2, 0.25) is 0 Å². The number of amides is 1. The summed E-state index contributed by atoms with van der Waals surface area (Å²) in [6.45, 7) is 4.29. The van der Waals surface area contributed by atoms with Gasteiger partial charge in [0.15, 0.2) is 6.29 Å². The lowest BCUT2D eigenvalue weighted by Crippen LogP contribution is -2.60. The zero-order chi connectivity index (χ0) is 58.7. The van der Waals surface area contributed by atoms with Crippen LogP contribution >= 0.6 is 0 Å². The van der Waals surface area contributed by atoms with Crippen LogP contribution in [0.25, 0.3) is 0 Å². The van der Waals surface area contributed by atoms with Crippen LogP contribution in [0.15, 0.2) is 60.8 Å². The molecule has 1 rings (SSSR count). The molecule has 1 saturated heterocycles. The number of unbranched alkanes of at least 4 members (excludes halogenated alkanes) is 37. The fraction of sp³-hybridized carbons (Fsp3) is 0.829. The van der Waals surface area contributed by atoms with E-state index in [2.05, 4.69) is 67.8 Å². The van der Waals surface area contributed by atoms with Crippen LogP contribution < -0.4 is 5.32 Å². The van der Waals surface area contributed by atoms with E-state index in [0.717, 1.165) is 89.9 Å². The Hall–Kier alpha value is -2.64.